The van der Waals surface area contributed by atoms with E-state index in [1.807, 2.05) is 6.07 Å². The van der Waals surface area contributed by atoms with E-state index >= 15 is 0 Å². The van der Waals surface area contributed by atoms with Gasteiger partial charge in [-0.25, -0.2) is 0 Å². The highest BCUT2D eigenvalue weighted by Crippen LogP contribution is 2.32. The first-order chi connectivity index (χ1) is 7.76. The lowest BCUT2D eigenvalue weighted by molar-refractivity contribution is 0.355. The van der Waals surface area contributed by atoms with Gasteiger partial charge >= 0.3 is 0 Å². The SMILES string of the molecule is COc1cc(N)c(C2=NCCN2)cc1OC. The Morgan fingerprint density at radius 3 is 2.50 bits per heavy atom. The van der Waals surface area contributed by atoms with Gasteiger partial charge in [0.15, 0.2) is 11.5 Å². The molecule has 0 aliphatic carbocycles. The van der Waals surface area contributed by atoms with Gasteiger partial charge in [-0.15, -0.1) is 0 Å². The molecule has 0 spiro atoms. The zero-order valence-electron chi connectivity index (χ0n) is 9.41. The number of rotatable bonds is 3. The third kappa shape index (κ3) is 1.76. The summed E-state index contributed by atoms with van der Waals surface area (Å²) in [6.07, 6.45) is 0. The molecule has 2 rings (SSSR count). The summed E-state index contributed by atoms with van der Waals surface area (Å²) in [5.74, 6) is 2.10. The minimum Gasteiger partial charge on any atom is -0.493 e. The molecular formula is C11H15N3O2. The molecule has 5 nitrogen and oxygen atoms in total. The van der Waals surface area contributed by atoms with E-state index in [-0.39, 0.29) is 0 Å². The van der Waals surface area contributed by atoms with Crippen LogP contribution in [-0.4, -0.2) is 33.1 Å². The molecule has 0 saturated carbocycles. The van der Waals surface area contributed by atoms with Gasteiger partial charge in [0.1, 0.15) is 5.84 Å². The lowest BCUT2D eigenvalue weighted by atomic mass is 10.1. The summed E-state index contributed by atoms with van der Waals surface area (Å²) >= 11 is 0. The summed E-state index contributed by atoms with van der Waals surface area (Å²) < 4.78 is 10.4. The first kappa shape index (κ1) is 10.6. The van der Waals surface area contributed by atoms with Crippen LogP contribution >= 0.6 is 0 Å². The molecule has 86 valence electrons. The Kier molecular flexibility index (Phi) is 2.85. The molecule has 1 aliphatic heterocycles. The van der Waals surface area contributed by atoms with Crippen LogP contribution in [0.1, 0.15) is 5.56 Å². The van der Waals surface area contributed by atoms with Crippen molar-refractivity contribution in [1.82, 2.24) is 5.32 Å². The number of anilines is 1. The number of nitrogens with one attached hydrogen (secondary N) is 1. The van der Waals surface area contributed by atoms with Crippen LogP contribution in [0.3, 0.4) is 0 Å². The minimum absolute atomic E-state index is 0.627. The van der Waals surface area contributed by atoms with Gasteiger partial charge in [-0.3, -0.25) is 4.99 Å². The van der Waals surface area contributed by atoms with Crippen molar-refractivity contribution in [2.75, 3.05) is 33.0 Å². The van der Waals surface area contributed by atoms with Gasteiger partial charge in [-0.1, -0.05) is 0 Å². The first-order valence-electron chi connectivity index (χ1n) is 5.06. The molecule has 0 unspecified atom stereocenters. The van der Waals surface area contributed by atoms with E-state index in [1.54, 1.807) is 20.3 Å². The van der Waals surface area contributed by atoms with Crippen molar-refractivity contribution >= 4 is 11.5 Å². The van der Waals surface area contributed by atoms with Gasteiger partial charge in [0.2, 0.25) is 0 Å². The lowest BCUT2D eigenvalue weighted by Gasteiger charge is -2.12. The molecule has 0 atom stereocenters. The summed E-state index contributed by atoms with van der Waals surface area (Å²) in [5, 5.41) is 3.18. The van der Waals surface area contributed by atoms with Crippen molar-refractivity contribution < 1.29 is 9.47 Å². The van der Waals surface area contributed by atoms with Crippen LogP contribution in [-0.2, 0) is 0 Å². The molecule has 0 aromatic heterocycles. The van der Waals surface area contributed by atoms with Gasteiger partial charge < -0.3 is 20.5 Å². The fourth-order valence-electron chi connectivity index (χ4n) is 1.68. The van der Waals surface area contributed by atoms with Crippen molar-refractivity contribution in [1.29, 1.82) is 0 Å². The predicted molar refractivity (Wildman–Crippen MR) is 63.4 cm³/mol. The zero-order valence-corrected chi connectivity index (χ0v) is 9.41. The number of hydrogen-bond acceptors (Lipinski definition) is 5. The van der Waals surface area contributed by atoms with Crippen molar-refractivity contribution in [3.8, 4) is 11.5 Å². The maximum atomic E-state index is 5.94. The van der Waals surface area contributed by atoms with Gasteiger partial charge in [-0.05, 0) is 6.07 Å². The summed E-state index contributed by atoms with van der Waals surface area (Å²) in [6, 6.07) is 3.59. The highest BCUT2D eigenvalue weighted by molar-refractivity contribution is 6.04. The van der Waals surface area contributed by atoms with E-state index in [2.05, 4.69) is 10.3 Å². The number of hydrogen-bond donors (Lipinski definition) is 2. The molecule has 0 amide bonds. The third-order valence-corrected chi connectivity index (χ3v) is 2.48. The molecule has 1 aromatic rings. The van der Waals surface area contributed by atoms with E-state index in [9.17, 15) is 0 Å². The molecule has 16 heavy (non-hydrogen) atoms. The van der Waals surface area contributed by atoms with Gasteiger partial charge in [-0.2, -0.15) is 0 Å². The van der Waals surface area contributed by atoms with Crippen molar-refractivity contribution in [2.24, 2.45) is 4.99 Å². The van der Waals surface area contributed by atoms with E-state index < -0.39 is 0 Å². The highest BCUT2D eigenvalue weighted by atomic mass is 16.5. The Morgan fingerprint density at radius 1 is 1.25 bits per heavy atom. The molecule has 1 heterocycles. The lowest BCUT2D eigenvalue weighted by Crippen LogP contribution is -2.20. The Balaban J connectivity index is 2.45. The number of methoxy groups -OCH3 is 2. The second-order valence-electron chi connectivity index (χ2n) is 3.45. The first-order valence-corrected chi connectivity index (χ1v) is 5.06. The molecule has 1 aliphatic rings. The van der Waals surface area contributed by atoms with Crippen LogP contribution in [0, 0.1) is 0 Å². The zero-order chi connectivity index (χ0) is 11.5. The number of aliphatic imine (C=N–C) groups is 1. The van der Waals surface area contributed by atoms with E-state index in [0.29, 0.717) is 17.2 Å². The van der Waals surface area contributed by atoms with Crippen LogP contribution < -0.4 is 20.5 Å². The molecule has 0 fully saturated rings. The minimum atomic E-state index is 0.627. The Labute approximate surface area is 94.3 Å². The maximum absolute atomic E-state index is 5.94. The number of ether oxygens (including phenoxy) is 2. The van der Waals surface area contributed by atoms with Gasteiger partial charge in [0.05, 0.1) is 20.8 Å². The Morgan fingerprint density at radius 2 is 1.94 bits per heavy atom. The highest BCUT2D eigenvalue weighted by Gasteiger charge is 2.15. The fraction of sp³-hybridized carbons (Fsp3) is 0.364. The number of nitrogens with two attached hydrogens (primary N) is 1. The molecular weight excluding hydrogens is 206 g/mol. The van der Waals surface area contributed by atoms with E-state index in [1.165, 1.54) is 0 Å². The quantitative estimate of drug-likeness (QED) is 0.735. The number of benzene rings is 1. The average molecular weight is 221 g/mol. The monoisotopic (exact) mass is 221 g/mol. The molecule has 3 N–H and O–H groups in total. The van der Waals surface area contributed by atoms with Crippen molar-refractivity contribution in [3.05, 3.63) is 17.7 Å². The van der Waals surface area contributed by atoms with Crippen LogP contribution in [0.4, 0.5) is 5.69 Å². The molecule has 0 saturated heterocycles. The largest absolute Gasteiger partial charge is 0.493 e. The van der Waals surface area contributed by atoms with Crippen LogP contribution in [0.5, 0.6) is 11.5 Å². The second-order valence-corrected chi connectivity index (χ2v) is 3.45. The van der Waals surface area contributed by atoms with E-state index in [0.717, 1.165) is 24.5 Å². The summed E-state index contributed by atoms with van der Waals surface area (Å²) in [6.45, 7) is 1.63. The van der Waals surface area contributed by atoms with Crippen LogP contribution in [0.15, 0.2) is 17.1 Å². The summed E-state index contributed by atoms with van der Waals surface area (Å²) in [4.78, 5) is 4.33. The third-order valence-electron chi connectivity index (χ3n) is 2.48. The standard InChI is InChI=1S/C11H15N3O2/c1-15-9-5-7(11-13-3-4-14-11)8(12)6-10(9)16-2/h5-6H,3-4,12H2,1-2H3,(H,13,14). The van der Waals surface area contributed by atoms with Crippen molar-refractivity contribution in [2.45, 2.75) is 0 Å². The van der Waals surface area contributed by atoms with Gasteiger partial charge in [0.25, 0.3) is 0 Å². The normalized spacial score (nSPS) is 14.2. The van der Waals surface area contributed by atoms with Crippen LogP contribution in [0.25, 0.3) is 0 Å². The molecule has 0 radical (unpaired) electrons. The summed E-state index contributed by atoms with van der Waals surface area (Å²) in [7, 11) is 3.18. The Hall–Kier alpha value is -1.91. The van der Waals surface area contributed by atoms with Gasteiger partial charge in [0, 0.05) is 23.9 Å². The molecule has 1 aromatic carbocycles. The van der Waals surface area contributed by atoms with Crippen LogP contribution in [0.2, 0.25) is 0 Å². The maximum Gasteiger partial charge on any atom is 0.162 e. The topological polar surface area (TPSA) is 68.9 Å². The number of nitrogen functional groups attached to an aromatic ring is 1. The average Bonchev–Trinajstić information content (AvgIpc) is 2.82. The number of nitrogens with zero attached hydrogens (tertiary/aromatic N) is 1. The second kappa shape index (κ2) is 4.30. The Bertz CT molecular complexity index is 429. The smallest absolute Gasteiger partial charge is 0.162 e. The molecule has 0 bridgehead atoms. The molecule has 5 heteroatoms. The predicted octanol–water partition coefficient (Wildman–Crippen LogP) is 0.636. The van der Waals surface area contributed by atoms with E-state index in [4.69, 9.17) is 15.2 Å². The fourth-order valence-corrected chi connectivity index (χ4v) is 1.68. The summed E-state index contributed by atoms with van der Waals surface area (Å²) in [5.41, 5.74) is 7.43. The number of amidine groups is 1. The van der Waals surface area contributed by atoms with Crippen molar-refractivity contribution in [3.63, 3.8) is 0 Å².